The molecule has 1 amide bonds. The van der Waals surface area contributed by atoms with Crippen LogP contribution in [0.4, 0.5) is 5.69 Å². The van der Waals surface area contributed by atoms with Gasteiger partial charge in [-0.05, 0) is 24.1 Å². The first-order chi connectivity index (χ1) is 10.6. The topological polar surface area (TPSA) is 40.5 Å². The quantitative estimate of drug-likeness (QED) is 0.900. The highest BCUT2D eigenvalue weighted by atomic mass is 79.9. The average Bonchev–Trinajstić information content (AvgIpc) is 2.75. The van der Waals surface area contributed by atoms with Crippen LogP contribution in [0.25, 0.3) is 0 Å². The Kier molecular flexibility index (Phi) is 4.06. The number of aliphatic hydroxyl groups is 1. The molecule has 2 aromatic carbocycles. The molecule has 0 aromatic heterocycles. The van der Waals surface area contributed by atoms with E-state index in [0.717, 1.165) is 23.0 Å². The minimum absolute atomic E-state index is 0.264. The molecule has 114 valence electrons. The van der Waals surface area contributed by atoms with Crippen molar-refractivity contribution in [1.29, 1.82) is 0 Å². The largest absolute Gasteiger partial charge is 0.372 e. The summed E-state index contributed by atoms with van der Waals surface area (Å²) in [5, 5.41) is 11.2. The van der Waals surface area contributed by atoms with E-state index in [1.165, 1.54) is 0 Å². The van der Waals surface area contributed by atoms with Crippen LogP contribution in [0.2, 0.25) is 0 Å². The lowest BCUT2D eigenvalue weighted by Crippen LogP contribution is -2.41. The number of fused-ring (bicyclic) bond motifs is 1. The summed E-state index contributed by atoms with van der Waals surface area (Å²) in [6.45, 7) is 2.71. The van der Waals surface area contributed by atoms with E-state index < -0.39 is 5.60 Å². The van der Waals surface area contributed by atoms with Gasteiger partial charge in [-0.1, -0.05) is 65.7 Å². The number of benzene rings is 2. The summed E-state index contributed by atoms with van der Waals surface area (Å²) in [7, 11) is 0. The fourth-order valence-electron chi connectivity index (χ4n) is 2.95. The number of hydrogen-bond donors (Lipinski definition) is 1. The summed E-state index contributed by atoms with van der Waals surface area (Å²) in [6, 6.07) is 14.8. The van der Waals surface area contributed by atoms with Gasteiger partial charge >= 0.3 is 0 Å². The zero-order valence-electron chi connectivity index (χ0n) is 12.4. The minimum atomic E-state index is -1.59. The van der Waals surface area contributed by atoms with Gasteiger partial charge in [0.05, 0.1) is 5.69 Å². The summed E-state index contributed by atoms with van der Waals surface area (Å²) < 4.78 is 0.901. The molecule has 1 N–H and O–H groups in total. The number of unbranched alkanes of at least 4 members (excludes halogenated alkanes) is 1. The van der Waals surface area contributed by atoms with E-state index in [1.807, 2.05) is 36.4 Å². The molecular formula is C18H18BrNO2. The second kappa shape index (κ2) is 5.86. The molecule has 3 rings (SSSR count). The summed E-state index contributed by atoms with van der Waals surface area (Å²) in [4.78, 5) is 14.7. The smallest absolute Gasteiger partial charge is 0.268 e. The van der Waals surface area contributed by atoms with Gasteiger partial charge in [0.1, 0.15) is 0 Å². The third kappa shape index (κ3) is 2.27. The lowest BCUT2D eigenvalue weighted by atomic mass is 9.88. The van der Waals surface area contributed by atoms with Crippen molar-refractivity contribution in [3.05, 3.63) is 64.1 Å². The molecule has 3 nitrogen and oxygen atoms in total. The molecule has 1 aliphatic heterocycles. The zero-order valence-corrected chi connectivity index (χ0v) is 14.0. The minimum Gasteiger partial charge on any atom is -0.372 e. The lowest BCUT2D eigenvalue weighted by molar-refractivity contribution is -0.132. The second-order valence-electron chi connectivity index (χ2n) is 5.55. The summed E-state index contributed by atoms with van der Waals surface area (Å²) in [5.74, 6) is -0.264. The third-order valence-electron chi connectivity index (χ3n) is 4.12. The van der Waals surface area contributed by atoms with Gasteiger partial charge in [-0.25, -0.2) is 0 Å². The number of carbonyl (C=O) groups is 1. The van der Waals surface area contributed by atoms with Crippen molar-refractivity contribution in [2.24, 2.45) is 0 Å². The van der Waals surface area contributed by atoms with Gasteiger partial charge < -0.3 is 10.0 Å². The van der Waals surface area contributed by atoms with Crippen LogP contribution in [-0.2, 0) is 10.4 Å². The van der Waals surface area contributed by atoms with Gasteiger partial charge in [0, 0.05) is 16.6 Å². The molecule has 0 bridgehead atoms. The maximum Gasteiger partial charge on any atom is 0.268 e. The van der Waals surface area contributed by atoms with Crippen LogP contribution in [0.3, 0.4) is 0 Å². The Morgan fingerprint density at radius 3 is 2.59 bits per heavy atom. The predicted molar refractivity (Wildman–Crippen MR) is 90.8 cm³/mol. The van der Waals surface area contributed by atoms with E-state index >= 15 is 0 Å². The van der Waals surface area contributed by atoms with Gasteiger partial charge in [0.15, 0.2) is 5.60 Å². The molecule has 0 saturated carbocycles. The first kappa shape index (κ1) is 15.3. The number of amides is 1. The molecule has 22 heavy (non-hydrogen) atoms. The summed E-state index contributed by atoms with van der Waals surface area (Å²) in [6.07, 6.45) is 1.90. The van der Waals surface area contributed by atoms with E-state index in [1.54, 1.807) is 17.0 Å². The Morgan fingerprint density at radius 2 is 1.91 bits per heavy atom. The van der Waals surface area contributed by atoms with Gasteiger partial charge in [-0.15, -0.1) is 0 Å². The molecule has 1 aliphatic rings. The van der Waals surface area contributed by atoms with Crippen LogP contribution in [0.5, 0.6) is 0 Å². The van der Waals surface area contributed by atoms with E-state index in [-0.39, 0.29) is 5.91 Å². The molecule has 0 aliphatic carbocycles. The van der Waals surface area contributed by atoms with Crippen LogP contribution >= 0.6 is 15.9 Å². The van der Waals surface area contributed by atoms with Crippen LogP contribution in [-0.4, -0.2) is 17.6 Å². The SMILES string of the molecule is CCCCN1C(=O)C(O)(c2ccccc2)c2ccc(Br)cc21. The van der Waals surface area contributed by atoms with Gasteiger partial charge in [-0.2, -0.15) is 0 Å². The van der Waals surface area contributed by atoms with E-state index in [4.69, 9.17) is 0 Å². The maximum absolute atomic E-state index is 13.0. The highest BCUT2D eigenvalue weighted by molar-refractivity contribution is 9.10. The molecule has 4 heteroatoms. The Bertz CT molecular complexity index is 701. The number of hydrogen-bond acceptors (Lipinski definition) is 2. The Morgan fingerprint density at radius 1 is 1.18 bits per heavy atom. The number of halogens is 1. The predicted octanol–water partition coefficient (Wildman–Crippen LogP) is 3.83. The number of nitrogens with zero attached hydrogens (tertiary/aromatic N) is 1. The van der Waals surface area contributed by atoms with Crippen LogP contribution < -0.4 is 4.90 Å². The van der Waals surface area contributed by atoms with E-state index in [2.05, 4.69) is 22.9 Å². The number of anilines is 1. The molecule has 1 unspecified atom stereocenters. The van der Waals surface area contributed by atoms with Gasteiger partial charge in [0.25, 0.3) is 5.91 Å². The van der Waals surface area contributed by atoms with Crippen LogP contribution in [0, 0.1) is 0 Å². The summed E-state index contributed by atoms with van der Waals surface area (Å²) in [5.41, 5.74) is 0.468. The van der Waals surface area contributed by atoms with Crippen molar-refractivity contribution >= 4 is 27.5 Å². The fourth-order valence-corrected chi connectivity index (χ4v) is 3.30. The Labute approximate surface area is 138 Å². The molecule has 0 spiro atoms. The number of carbonyl (C=O) groups excluding carboxylic acids is 1. The van der Waals surface area contributed by atoms with Crippen molar-refractivity contribution in [2.45, 2.75) is 25.4 Å². The molecule has 2 aromatic rings. The van der Waals surface area contributed by atoms with Crippen molar-refractivity contribution in [3.63, 3.8) is 0 Å². The highest BCUT2D eigenvalue weighted by Gasteiger charge is 2.50. The van der Waals surface area contributed by atoms with E-state index in [9.17, 15) is 9.90 Å². The molecular weight excluding hydrogens is 342 g/mol. The van der Waals surface area contributed by atoms with Gasteiger partial charge in [-0.3, -0.25) is 4.79 Å². The highest BCUT2D eigenvalue weighted by Crippen LogP contribution is 2.45. The van der Waals surface area contributed by atoms with Crippen molar-refractivity contribution in [1.82, 2.24) is 0 Å². The average molecular weight is 360 g/mol. The first-order valence-electron chi connectivity index (χ1n) is 7.49. The van der Waals surface area contributed by atoms with Crippen molar-refractivity contribution in [3.8, 4) is 0 Å². The summed E-state index contributed by atoms with van der Waals surface area (Å²) >= 11 is 3.45. The zero-order chi connectivity index (χ0) is 15.7. The molecule has 1 atom stereocenters. The molecule has 0 radical (unpaired) electrons. The van der Waals surface area contributed by atoms with Crippen molar-refractivity contribution in [2.75, 3.05) is 11.4 Å². The lowest BCUT2D eigenvalue weighted by Gasteiger charge is -2.23. The van der Waals surface area contributed by atoms with Crippen LogP contribution in [0.1, 0.15) is 30.9 Å². The molecule has 1 heterocycles. The normalized spacial score (nSPS) is 20.3. The Balaban J connectivity index is 2.15. The van der Waals surface area contributed by atoms with Crippen LogP contribution in [0.15, 0.2) is 53.0 Å². The van der Waals surface area contributed by atoms with Gasteiger partial charge in [0.2, 0.25) is 0 Å². The second-order valence-corrected chi connectivity index (χ2v) is 6.46. The standard InChI is InChI=1S/C18H18BrNO2/c1-2-3-11-20-16-12-14(19)9-10-15(16)18(22,17(20)21)13-7-5-4-6-8-13/h4-10,12,22H,2-3,11H2,1H3. The maximum atomic E-state index is 13.0. The third-order valence-corrected chi connectivity index (χ3v) is 4.62. The Hall–Kier alpha value is -1.65. The van der Waals surface area contributed by atoms with Crippen molar-refractivity contribution < 1.29 is 9.90 Å². The first-order valence-corrected chi connectivity index (χ1v) is 8.28. The monoisotopic (exact) mass is 359 g/mol. The van der Waals surface area contributed by atoms with E-state index in [0.29, 0.717) is 17.7 Å². The fraction of sp³-hybridized carbons (Fsp3) is 0.278. The number of rotatable bonds is 4. The molecule has 0 saturated heterocycles. The molecule has 0 fully saturated rings.